The number of nitrogens with two attached hydrogens (primary N) is 1. The minimum absolute atomic E-state index is 0.0150. The molecule has 1 unspecified atom stereocenters. The van der Waals surface area contributed by atoms with Gasteiger partial charge in [0.05, 0.1) is 5.82 Å². The summed E-state index contributed by atoms with van der Waals surface area (Å²) in [5.41, 5.74) is 6.71. The third-order valence-corrected chi connectivity index (χ3v) is 2.30. The van der Waals surface area contributed by atoms with E-state index in [1.807, 2.05) is 36.4 Å². The minimum Gasteiger partial charge on any atom is -0.385 e. The van der Waals surface area contributed by atoms with E-state index in [1.165, 1.54) is 0 Å². The molecule has 1 aromatic rings. The van der Waals surface area contributed by atoms with Crippen LogP contribution < -0.4 is 11.1 Å². The molecule has 0 saturated heterocycles. The molecule has 1 atom stereocenters. The zero-order valence-corrected chi connectivity index (χ0v) is 7.73. The SMILES string of the molecule is NC1=CC(c2ccccc2)CC(=O)N1. The molecule has 0 aromatic heterocycles. The highest BCUT2D eigenvalue weighted by atomic mass is 16.1. The van der Waals surface area contributed by atoms with Gasteiger partial charge in [-0.1, -0.05) is 30.3 Å². The molecule has 0 spiro atoms. The number of amides is 1. The van der Waals surface area contributed by atoms with Crippen LogP contribution in [-0.4, -0.2) is 5.91 Å². The second kappa shape index (κ2) is 3.54. The molecule has 1 aliphatic rings. The Morgan fingerprint density at radius 2 is 2.00 bits per heavy atom. The number of benzene rings is 1. The van der Waals surface area contributed by atoms with Crippen LogP contribution in [0.3, 0.4) is 0 Å². The highest BCUT2D eigenvalue weighted by Gasteiger charge is 2.18. The highest BCUT2D eigenvalue weighted by Crippen LogP contribution is 2.23. The van der Waals surface area contributed by atoms with E-state index in [1.54, 1.807) is 0 Å². The third-order valence-electron chi connectivity index (χ3n) is 2.30. The second-order valence-corrected chi connectivity index (χ2v) is 3.39. The van der Waals surface area contributed by atoms with Crippen LogP contribution in [0.4, 0.5) is 0 Å². The van der Waals surface area contributed by atoms with Gasteiger partial charge in [0.15, 0.2) is 0 Å². The van der Waals surface area contributed by atoms with Crippen molar-refractivity contribution in [2.45, 2.75) is 12.3 Å². The maximum Gasteiger partial charge on any atom is 0.226 e. The van der Waals surface area contributed by atoms with Gasteiger partial charge < -0.3 is 11.1 Å². The maximum absolute atomic E-state index is 11.2. The van der Waals surface area contributed by atoms with E-state index in [0.717, 1.165) is 5.56 Å². The largest absolute Gasteiger partial charge is 0.385 e. The number of allylic oxidation sites excluding steroid dienone is 1. The van der Waals surface area contributed by atoms with Gasteiger partial charge in [-0.15, -0.1) is 0 Å². The topological polar surface area (TPSA) is 55.1 Å². The van der Waals surface area contributed by atoms with E-state index < -0.39 is 0 Å². The minimum atomic E-state index is -0.0150. The normalized spacial score (nSPS) is 21.3. The quantitative estimate of drug-likeness (QED) is 0.693. The summed E-state index contributed by atoms with van der Waals surface area (Å²) in [4.78, 5) is 11.2. The molecule has 72 valence electrons. The molecule has 1 amide bonds. The fourth-order valence-electron chi connectivity index (χ4n) is 1.64. The molecule has 2 rings (SSSR count). The van der Waals surface area contributed by atoms with Gasteiger partial charge in [0.2, 0.25) is 5.91 Å². The summed E-state index contributed by atoms with van der Waals surface area (Å²) in [5, 5.41) is 2.58. The number of hydrogen-bond donors (Lipinski definition) is 2. The number of nitrogens with one attached hydrogen (secondary N) is 1. The van der Waals surface area contributed by atoms with Crippen LogP contribution in [0.2, 0.25) is 0 Å². The predicted molar refractivity (Wildman–Crippen MR) is 54.2 cm³/mol. The molecule has 1 aromatic carbocycles. The molecule has 0 radical (unpaired) electrons. The molecule has 1 heterocycles. The van der Waals surface area contributed by atoms with Crippen molar-refractivity contribution < 1.29 is 4.79 Å². The van der Waals surface area contributed by atoms with E-state index in [0.29, 0.717) is 12.2 Å². The van der Waals surface area contributed by atoms with E-state index in [-0.39, 0.29) is 11.8 Å². The Bertz CT molecular complexity index is 370. The summed E-state index contributed by atoms with van der Waals surface area (Å²) in [6.07, 6.45) is 2.36. The number of carbonyl (C=O) groups excluding carboxylic acids is 1. The van der Waals surface area contributed by atoms with Gasteiger partial charge >= 0.3 is 0 Å². The average molecular weight is 188 g/mol. The molecule has 3 nitrogen and oxygen atoms in total. The lowest BCUT2D eigenvalue weighted by Crippen LogP contribution is -2.32. The fourth-order valence-corrected chi connectivity index (χ4v) is 1.64. The molecule has 14 heavy (non-hydrogen) atoms. The van der Waals surface area contributed by atoms with Gasteiger partial charge in [-0.3, -0.25) is 4.79 Å². The van der Waals surface area contributed by atoms with Crippen LogP contribution in [0.1, 0.15) is 17.9 Å². The van der Waals surface area contributed by atoms with Crippen LogP contribution >= 0.6 is 0 Å². The molecular weight excluding hydrogens is 176 g/mol. The van der Waals surface area contributed by atoms with Gasteiger partial charge in [-0.05, 0) is 11.6 Å². The van der Waals surface area contributed by atoms with Gasteiger partial charge in [0.1, 0.15) is 0 Å². The first-order chi connectivity index (χ1) is 6.75. The van der Waals surface area contributed by atoms with Crippen LogP contribution in [0, 0.1) is 0 Å². The van der Waals surface area contributed by atoms with Gasteiger partial charge in [-0.2, -0.15) is 0 Å². The van der Waals surface area contributed by atoms with Crippen molar-refractivity contribution in [2.75, 3.05) is 0 Å². The summed E-state index contributed by atoms with van der Waals surface area (Å²) >= 11 is 0. The summed E-state index contributed by atoms with van der Waals surface area (Å²) in [6.45, 7) is 0. The monoisotopic (exact) mass is 188 g/mol. The summed E-state index contributed by atoms with van der Waals surface area (Å²) in [7, 11) is 0. The second-order valence-electron chi connectivity index (χ2n) is 3.39. The Balaban J connectivity index is 2.28. The lowest BCUT2D eigenvalue weighted by atomic mass is 9.93. The Kier molecular flexibility index (Phi) is 2.23. The van der Waals surface area contributed by atoms with E-state index >= 15 is 0 Å². The summed E-state index contributed by atoms with van der Waals surface area (Å²) in [6, 6.07) is 9.90. The van der Waals surface area contributed by atoms with Crippen molar-refractivity contribution in [3.8, 4) is 0 Å². The first kappa shape index (κ1) is 8.81. The smallest absolute Gasteiger partial charge is 0.226 e. The highest BCUT2D eigenvalue weighted by molar-refractivity contribution is 5.80. The number of carbonyl (C=O) groups is 1. The molecule has 3 heteroatoms. The molecular formula is C11H12N2O. The van der Waals surface area contributed by atoms with Crippen molar-refractivity contribution in [3.63, 3.8) is 0 Å². The van der Waals surface area contributed by atoms with Gasteiger partial charge in [0.25, 0.3) is 0 Å². The van der Waals surface area contributed by atoms with Crippen LogP contribution in [0.25, 0.3) is 0 Å². The van der Waals surface area contributed by atoms with Crippen molar-refractivity contribution in [1.29, 1.82) is 0 Å². The first-order valence-electron chi connectivity index (χ1n) is 4.58. The maximum atomic E-state index is 11.2. The summed E-state index contributed by atoms with van der Waals surface area (Å²) < 4.78 is 0. The standard InChI is InChI=1S/C11H12N2O/c12-10-6-9(7-11(14)13-10)8-4-2-1-3-5-8/h1-6,9H,7,12H2,(H,13,14). The number of rotatable bonds is 1. The fraction of sp³-hybridized carbons (Fsp3) is 0.182. The number of hydrogen-bond acceptors (Lipinski definition) is 2. The molecule has 0 aliphatic carbocycles. The van der Waals surface area contributed by atoms with Gasteiger partial charge in [-0.25, -0.2) is 0 Å². The Morgan fingerprint density at radius 1 is 1.29 bits per heavy atom. The average Bonchev–Trinajstić information content (AvgIpc) is 2.18. The molecule has 0 fully saturated rings. The van der Waals surface area contributed by atoms with Crippen molar-refractivity contribution in [2.24, 2.45) is 5.73 Å². The van der Waals surface area contributed by atoms with Crippen LogP contribution in [0.15, 0.2) is 42.2 Å². The Hall–Kier alpha value is -1.77. The Labute approximate surface area is 82.6 Å². The zero-order valence-electron chi connectivity index (χ0n) is 7.73. The lowest BCUT2D eigenvalue weighted by Gasteiger charge is -2.19. The van der Waals surface area contributed by atoms with Crippen molar-refractivity contribution in [3.05, 3.63) is 47.8 Å². The third kappa shape index (κ3) is 1.76. The first-order valence-corrected chi connectivity index (χ1v) is 4.58. The molecule has 3 N–H and O–H groups in total. The predicted octanol–water partition coefficient (Wildman–Crippen LogP) is 1.09. The lowest BCUT2D eigenvalue weighted by molar-refractivity contribution is -0.121. The van der Waals surface area contributed by atoms with E-state index in [9.17, 15) is 4.79 Å². The zero-order chi connectivity index (χ0) is 9.97. The van der Waals surface area contributed by atoms with Crippen LogP contribution in [-0.2, 0) is 4.79 Å². The molecule has 0 bridgehead atoms. The molecule has 0 saturated carbocycles. The molecule has 1 aliphatic heterocycles. The summed E-state index contributed by atoms with van der Waals surface area (Å²) in [5.74, 6) is 0.555. The van der Waals surface area contributed by atoms with Crippen LogP contribution in [0.5, 0.6) is 0 Å². The Morgan fingerprint density at radius 3 is 2.64 bits per heavy atom. The van der Waals surface area contributed by atoms with Gasteiger partial charge in [0, 0.05) is 12.3 Å². The van der Waals surface area contributed by atoms with E-state index in [4.69, 9.17) is 5.73 Å². The van der Waals surface area contributed by atoms with Crippen molar-refractivity contribution >= 4 is 5.91 Å². The van der Waals surface area contributed by atoms with Crippen molar-refractivity contribution in [1.82, 2.24) is 5.32 Å². The van der Waals surface area contributed by atoms with E-state index in [2.05, 4.69) is 5.32 Å².